The monoisotopic (exact) mass is 323 g/mol. The van der Waals surface area contributed by atoms with Gasteiger partial charge in [-0.2, -0.15) is 0 Å². The van der Waals surface area contributed by atoms with Crippen LogP contribution in [0.25, 0.3) is 0 Å². The van der Waals surface area contributed by atoms with Gasteiger partial charge in [0.25, 0.3) is 0 Å². The van der Waals surface area contributed by atoms with E-state index in [1.54, 1.807) is 0 Å². The number of hydrogen-bond acceptors (Lipinski definition) is 3. The van der Waals surface area contributed by atoms with Crippen molar-refractivity contribution in [3.8, 4) is 0 Å². The third-order valence-electron chi connectivity index (χ3n) is 4.80. The lowest BCUT2D eigenvalue weighted by Crippen LogP contribution is -2.47. The van der Waals surface area contributed by atoms with Crippen molar-refractivity contribution >= 4 is 18.3 Å². The van der Waals surface area contributed by atoms with Crippen LogP contribution in [0.5, 0.6) is 0 Å². The van der Waals surface area contributed by atoms with E-state index in [4.69, 9.17) is 0 Å². The molecule has 4 nitrogen and oxygen atoms in total. The van der Waals surface area contributed by atoms with Crippen molar-refractivity contribution in [2.45, 2.75) is 31.8 Å². The van der Waals surface area contributed by atoms with Gasteiger partial charge in [0.05, 0.1) is 6.54 Å². The second-order valence-electron chi connectivity index (χ2n) is 6.23. The third-order valence-corrected chi connectivity index (χ3v) is 4.80. The second kappa shape index (κ2) is 7.95. The summed E-state index contributed by atoms with van der Waals surface area (Å²) in [7, 11) is 2.09. The number of nitrogens with zero attached hydrogens (tertiary/aromatic N) is 2. The Hall–Kier alpha value is -1.10. The number of hydrogen-bond donors (Lipinski definition) is 1. The highest BCUT2D eigenvalue weighted by Crippen LogP contribution is 2.19. The molecular weight excluding hydrogens is 298 g/mol. The number of halogens is 1. The lowest BCUT2D eigenvalue weighted by Gasteiger charge is -2.34. The number of carbonyl (C=O) groups excluding carboxylic acids is 1. The van der Waals surface area contributed by atoms with Crippen LogP contribution >= 0.6 is 12.4 Å². The van der Waals surface area contributed by atoms with Crippen LogP contribution in [0.2, 0.25) is 0 Å². The van der Waals surface area contributed by atoms with Gasteiger partial charge in [0.1, 0.15) is 0 Å². The van der Waals surface area contributed by atoms with Crippen LogP contribution in [0, 0.1) is 0 Å². The van der Waals surface area contributed by atoms with Crippen LogP contribution in [-0.2, 0) is 17.8 Å². The van der Waals surface area contributed by atoms with Crippen LogP contribution < -0.4 is 5.32 Å². The molecule has 0 radical (unpaired) electrons. The van der Waals surface area contributed by atoms with Crippen molar-refractivity contribution in [1.82, 2.24) is 15.1 Å². The number of benzene rings is 1. The fourth-order valence-electron chi connectivity index (χ4n) is 3.40. The first-order valence-corrected chi connectivity index (χ1v) is 7.99. The van der Waals surface area contributed by atoms with Crippen LogP contribution in [0.3, 0.4) is 0 Å². The number of rotatable bonds is 3. The van der Waals surface area contributed by atoms with Crippen molar-refractivity contribution in [1.29, 1.82) is 0 Å². The summed E-state index contributed by atoms with van der Waals surface area (Å²) in [5.41, 5.74) is 2.70. The zero-order chi connectivity index (χ0) is 14.7. The fourth-order valence-corrected chi connectivity index (χ4v) is 3.40. The Morgan fingerprint density at radius 3 is 2.68 bits per heavy atom. The van der Waals surface area contributed by atoms with Crippen molar-refractivity contribution in [3.63, 3.8) is 0 Å². The molecule has 1 amide bonds. The summed E-state index contributed by atoms with van der Waals surface area (Å²) in [6.07, 6.45) is 3.28. The Bertz CT molecular complexity index is 502. The molecule has 2 aliphatic heterocycles. The minimum Gasteiger partial charge on any atom is -0.337 e. The minimum atomic E-state index is 0. The van der Waals surface area contributed by atoms with Gasteiger partial charge in [0.15, 0.2) is 0 Å². The zero-order valence-corrected chi connectivity index (χ0v) is 14.1. The fraction of sp³-hybridized carbons (Fsp3) is 0.588. The largest absolute Gasteiger partial charge is 0.337 e. The molecule has 0 aromatic heterocycles. The molecule has 0 aliphatic carbocycles. The molecule has 1 N–H and O–H groups in total. The Labute approximate surface area is 139 Å². The first kappa shape index (κ1) is 17.3. The number of piperidine rings is 1. The molecule has 0 saturated carbocycles. The molecule has 3 rings (SSSR count). The van der Waals surface area contributed by atoms with Crippen molar-refractivity contribution in [2.75, 3.05) is 33.2 Å². The van der Waals surface area contributed by atoms with Gasteiger partial charge in [-0.05, 0) is 50.5 Å². The van der Waals surface area contributed by atoms with Gasteiger partial charge in [-0.1, -0.05) is 24.3 Å². The van der Waals surface area contributed by atoms with Gasteiger partial charge in [0, 0.05) is 19.1 Å². The van der Waals surface area contributed by atoms with E-state index >= 15 is 0 Å². The molecule has 0 atom stereocenters. The molecule has 5 heteroatoms. The molecule has 1 fully saturated rings. The quantitative estimate of drug-likeness (QED) is 0.919. The Balaban J connectivity index is 0.00000176. The first-order valence-electron chi connectivity index (χ1n) is 7.99. The van der Waals surface area contributed by atoms with E-state index < -0.39 is 0 Å². The maximum Gasteiger partial charge on any atom is 0.237 e. The van der Waals surface area contributed by atoms with E-state index in [1.807, 2.05) is 4.90 Å². The van der Waals surface area contributed by atoms with Crippen LogP contribution in [0.1, 0.15) is 24.0 Å². The SMILES string of the molecule is CN(CC(=O)N1CCc2ccccc2C1)C1CCNCC1.Cl. The van der Waals surface area contributed by atoms with Crippen LogP contribution in [0.4, 0.5) is 0 Å². The number of likely N-dealkylation sites (N-methyl/N-ethyl adjacent to an activating group) is 1. The van der Waals surface area contributed by atoms with Gasteiger partial charge in [-0.15, -0.1) is 12.4 Å². The molecule has 0 bridgehead atoms. The maximum atomic E-state index is 12.5. The zero-order valence-electron chi connectivity index (χ0n) is 13.3. The summed E-state index contributed by atoms with van der Waals surface area (Å²) in [5, 5.41) is 3.38. The minimum absolute atomic E-state index is 0. The Morgan fingerprint density at radius 2 is 1.95 bits per heavy atom. The number of fused-ring (bicyclic) bond motifs is 1. The molecule has 0 unspecified atom stereocenters. The molecule has 122 valence electrons. The maximum absolute atomic E-state index is 12.5. The summed E-state index contributed by atoms with van der Waals surface area (Å²) in [5.74, 6) is 0.269. The predicted molar refractivity (Wildman–Crippen MR) is 91.3 cm³/mol. The van der Waals surface area contributed by atoms with E-state index in [-0.39, 0.29) is 18.3 Å². The topological polar surface area (TPSA) is 35.6 Å². The average molecular weight is 324 g/mol. The van der Waals surface area contributed by atoms with Gasteiger partial charge in [-0.3, -0.25) is 9.69 Å². The van der Waals surface area contributed by atoms with Crippen molar-refractivity contribution in [3.05, 3.63) is 35.4 Å². The van der Waals surface area contributed by atoms with Crippen molar-refractivity contribution < 1.29 is 4.79 Å². The lowest BCUT2D eigenvalue weighted by atomic mass is 10.00. The van der Waals surface area contributed by atoms with E-state index in [2.05, 4.69) is 41.5 Å². The molecule has 1 saturated heterocycles. The highest BCUT2D eigenvalue weighted by molar-refractivity contribution is 5.85. The Morgan fingerprint density at radius 1 is 1.27 bits per heavy atom. The second-order valence-corrected chi connectivity index (χ2v) is 6.23. The number of nitrogens with one attached hydrogen (secondary N) is 1. The molecule has 2 heterocycles. The molecular formula is C17H26ClN3O. The van der Waals surface area contributed by atoms with Gasteiger partial charge in [0.2, 0.25) is 5.91 Å². The summed E-state index contributed by atoms with van der Waals surface area (Å²) >= 11 is 0. The van der Waals surface area contributed by atoms with Crippen LogP contribution in [0.15, 0.2) is 24.3 Å². The third kappa shape index (κ3) is 4.00. The highest BCUT2D eigenvalue weighted by Gasteiger charge is 2.24. The standard InChI is InChI=1S/C17H25N3O.ClH/c1-19(16-6-9-18-10-7-16)13-17(21)20-11-8-14-4-2-3-5-15(14)12-20;/h2-5,16,18H,6-13H2,1H3;1H. The molecule has 0 spiro atoms. The normalized spacial score (nSPS) is 18.7. The highest BCUT2D eigenvalue weighted by atomic mass is 35.5. The molecule has 2 aliphatic rings. The number of amides is 1. The molecule has 1 aromatic rings. The van der Waals surface area contributed by atoms with E-state index in [0.29, 0.717) is 12.6 Å². The van der Waals surface area contributed by atoms with E-state index in [0.717, 1.165) is 45.4 Å². The molecule has 1 aromatic carbocycles. The smallest absolute Gasteiger partial charge is 0.237 e. The lowest BCUT2D eigenvalue weighted by molar-refractivity contribution is -0.133. The average Bonchev–Trinajstić information content (AvgIpc) is 2.55. The van der Waals surface area contributed by atoms with E-state index in [1.165, 1.54) is 11.1 Å². The van der Waals surface area contributed by atoms with Gasteiger partial charge < -0.3 is 10.2 Å². The summed E-state index contributed by atoms with van der Waals surface area (Å²) in [4.78, 5) is 16.8. The van der Waals surface area contributed by atoms with Crippen LogP contribution in [-0.4, -0.2) is 55.0 Å². The van der Waals surface area contributed by atoms with Gasteiger partial charge >= 0.3 is 0 Å². The molecule has 22 heavy (non-hydrogen) atoms. The first-order chi connectivity index (χ1) is 10.2. The predicted octanol–water partition coefficient (Wildman–Crippen LogP) is 1.68. The van der Waals surface area contributed by atoms with E-state index in [9.17, 15) is 4.79 Å². The summed E-state index contributed by atoms with van der Waals surface area (Å²) in [6, 6.07) is 9.02. The summed E-state index contributed by atoms with van der Waals surface area (Å²) < 4.78 is 0. The summed E-state index contributed by atoms with van der Waals surface area (Å²) in [6.45, 7) is 4.32. The number of carbonyl (C=O) groups is 1. The van der Waals surface area contributed by atoms with Gasteiger partial charge in [-0.25, -0.2) is 0 Å². The van der Waals surface area contributed by atoms with Crippen molar-refractivity contribution in [2.24, 2.45) is 0 Å². The Kier molecular flexibility index (Phi) is 6.24.